The van der Waals surface area contributed by atoms with Crippen molar-refractivity contribution in [2.24, 2.45) is 56.7 Å². The predicted octanol–water partition coefficient (Wildman–Crippen LogP) is 8.03. The molecule has 6 nitrogen and oxygen atoms in total. The maximum absolute atomic E-state index is 13.0. The number of phenolic OH excluding ortho intramolecular Hbond substituents is 1. The molecule has 45 heavy (non-hydrogen) atoms. The molecular formula is C39H54O6. The van der Waals surface area contributed by atoms with Gasteiger partial charge >= 0.3 is 11.9 Å². The predicted molar refractivity (Wildman–Crippen MR) is 175 cm³/mol. The Morgan fingerprint density at radius 1 is 0.933 bits per heavy atom. The van der Waals surface area contributed by atoms with E-state index in [4.69, 9.17) is 4.74 Å². The van der Waals surface area contributed by atoms with Crippen molar-refractivity contribution >= 4 is 18.0 Å². The van der Waals surface area contributed by atoms with Gasteiger partial charge in [-0.15, -0.1) is 0 Å². The fraction of sp³-hybridized carbons (Fsp3) is 0.692. The molecule has 0 bridgehead atoms. The lowest BCUT2D eigenvalue weighted by molar-refractivity contribution is -0.238. The maximum Gasteiger partial charge on any atom is 0.331 e. The first-order valence-corrected chi connectivity index (χ1v) is 17.3. The number of rotatable bonds is 4. The second-order valence-electron chi connectivity index (χ2n) is 17.0. The molecule has 1 aromatic rings. The first kappa shape index (κ1) is 32.3. The number of hydrogen-bond acceptors (Lipinski definition) is 5. The molecule has 0 amide bonds. The number of fused-ring (bicyclic) bond motifs is 7. The van der Waals surface area contributed by atoms with E-state index < -0.39 is 35.0 Å². The maximum atomic E-state index is 13.0. The van der Waals surface area contributed by atoms with Gasteiger partial charge in [-0.25, -0.2) is 4.79 Å². The van der Waals surface area contributed by atoms with Crippen LogP contribution in [0.5, 0.6) is 5.75 Å². The van der Waals surface area contributed by atoms with Crippen LogP contribution in [0.3, 0.4) is 0 Å². The third-order valence-corrected chi connectivity index (χ3v) is 14.9. The molecule has 0 aromatic heterocycles. The molecule has 5 aliphatic rings. The van der Waals surface area contributed by atoms with E-state index in [1.165, 1.54) is 11.6 Å². The summed E-state index contributed by atoms with van der Waals surface area (Å²) in [4.78, 5) is 26.0. The first-order valence-electron chi connectivity index (χ1n) is 17.3. The molecule has 246 valence electrons. The highest BCUT2D eigenvalue weighted by atomic mass is 16.6. The number of aliphatic hydroxyl groups excluding tert-OH is 1. The number of esters is 1. The van der Waals surface area contributed by atoms with Crippen molar-refractivity contribution in [2.45, 2.75) is 112 Å². The number of carboxylic acids is 1. The van der Waals surface area contributed by atoms with Crippen molar-refractivity contribution < 1.29 is 29.6 Å². The van der Waals surface area contributed by atoms with Gasteiger partial charge in [0.25, 0.3) is 0 Å². The molecule has 0 heterocycles. The number of aliphatic carboxylic acids is 1. The van der Waals surface area contributed by atoms with Gasteiger partial charge in [-0.05, 0) is 121 Å². The standard InChI is InChI=1S/C39H54O6/c1-23-16-19-39(34(43)44)21-20-37(6)27(32(39)24(23)2)13-14-30-36(5)22-28(41)33(35(3,4)29(36)17-18-38(30,37)7)45-31(42)15-10-25-8-11-26(40)12-9-25/h8-13,15,23-24,28-30,32-33,40-41H,14,16-22H2,1-7H3,(H,43,44)/t23-,24-,28+,29-,30+,32+,33-,36-,37-,38+,39+/m0/s1. The third kappa shape index (κ3) is 4.58. The van der Waals surface area contributed by atoms with Crippen LogP contribution in [0.25, 0.3) is 6.08 Å². The van der Waals surface area contributed by atoms with E-state index in [0.717, 1.165) is 50.5 Å². The van der Waals surface area contributed by atoms with E-state index in [1.54, 1.807) is 30.3 Å². The fourth-order valence-corrected chi connectivity index (χ4v) is 12.1. The highest BCUT2D eigenvalue weighted by Crippen LogP contribution is 2.75. The summed E-state index contributed by atoms with van der Waals surface area (Å²) in [5, 5.41) is 32.0. The van der Waals surface area contributed by atoms with Crippen LogP contribution in [0.4, 0.5) is 0 Å². The summed E-state index contributed by atoms with van der Waals surface area (Å²) >= 11 is 0. The summed E-state index contributed by atoms with van der Waals surface area (Å²) in [5.74, 6) is 0.617. The lowest BCUT2D eigenvalue weighted by Gasteiger charge is -2.71. The Balaban J connectivity index is 1.29. The zero-order valence-corrected chi connectivity index (χ0v) is 28.3. The van der Waals surface area contributed by atoms with E-state index in [-0.39, 0.29) is 33.8 Å². The Kier molecular flexibility index (Phi) is 7.70. The van der Waals surface area contributed by atoms with Gasteiger partial charge in [-0.2, -0.15) is 0 Å². The van der Waals surface area contributed by atoms with Gasteiger partial charge in [-0.1, -0.05) is 72.2 Å². The number of phenols is 1. The summed E-state index contributed by atoms with van der Waals surface area (Å²) in [6, 6.07) is 6.62. The Morgan fingerprint density at radius 2 is 1.62 bits per heavy atom. The summed E-state index contributed by atoms with van der Waals surface area (Å²) in [6.45, 7) is 16.2. The summed E-state index contributed by atoms with van der Waals surface area (Å²) in [5.41, 5.74) is 0.857. The molecule has 3 N–H and O–H groups in total. The van der Waals surface area contributed by atoms with Gasteiger partial charge in [-0.3, -0.25) is 4.79 Å². The average Bonchev–Trinajstić information content (AvgIpc) is 2.97. The second-order valence-corrected chi connectivity index (χ2v) is 17.0. The number of benzene rings is 1. The molecule has 4 saturated carbocycles. The Morgan fingerprint density at radius 3 is 2.29 bits per heavy atom. The third-order valence-electron chi connectivity index (χ3n) is 14.9. The molecule has 11 atom stereocenters. The normalized spacial score (nSPS) is 45.3. The van der Waals surface area contributed by atoms with Crippen LogP contribution in [0.2, 0.25) is 0 Å². The molecule has 1 aromatic carbocycles. The van der Waals surface area contributed by atoms with Crippen molar-refractivity contribution in [1.29, 1.82) is 0 Å². The van der Waals surface area contributed by atoms with Crippen LogP contribution in [0.1, 0.15) is 105 Å². The van der Waals surface area contributed by atoms with Crippen LogP contribution >= 0.6 is 0 Å². The second kappa shape index (κ2) is 10.7. The van der Waals surface area contributed by atoms with E-state index in [9.17, 15) is 24.9 Å². The largest absolute Gasteiger partial charge is 0.508 e. The summed E-state index contributed by atoms with van der Waals surface area (Å²) in [7, 11) is 0. The highest BCUT2D eigenvalue weighted by molar-refractivity contribution is 5.87. The fourth-order valence-electron chi connectivity index (χ4n) is 12.1. The highest BCUT2D eigenvalue weighted by Gasteiger charge is 2.70. The van der Waals surface area contributed by atoms with E-state index in [2.05, 4.69) is 54.5 Å². The molecular weight excluding hydrogens is 564 g/mol. The van der Waals surface area contributed by atoms with Crippen LogP contribution in [-0.2, 0) is 14.3 Å². The van der Waals surface area contributed by atoms with Gasteiger partial charge in [0.15, 0.2) is 0 Å². The first-order chi connectivity index (χ1) is 21.0. The Labute approximate surface area is 269 Å². The minimum atomic E-state index is -0.780. The number of aromatic hydroxyl groups is 1. The van der Waals surface area contributed by atoms with Gasteiger partial charge in [0, 0.05) is 11.5 Å². The van der Waals surface area contributed by atoms with Crippen LogP contribution < -0.4 is 0 Å². The molecule has 0 unspecified atom stereocenters. The quantitative estimate of drug-likeness (QED) is 0.179. The monoisotopic (exact) mass is 618 g/mol. The van der Waals surface area contributed by atoms with E-state index in [1.807, 2.05) is 0 Å². The number of ether oxygens (including phenoxy) is 1. The molecule has 0 saturated heterocycles. The van der Waals surface area contributed by atoms with Gasteiger partial charge in [0.2, 0.25) is 0 Å². The van der Waals surface area contributed by atoms with Crippen molar-refractivity contribution in [3.8, 4) is 5.75 Å². The van der Waals surface area contributed by atoms with Crippen molar-refractivity contribution in [1.82, 2.24) is 0 Å². The molecule has 0 aliphatic heterocycles. The lowest BCUT2D eigenvalue weighted by Crippen LogP contribution is -2.67. The number of carboxylic acid groups (broad SMARTS) is 1. The molecule has 5 aliphatic carbocycles. The van der Waals surface area contributed by atoms with Crippen LogP contribution in [0.15, 0.2) is 42.0 Å². The van der Waals surface area contributed by atoms with Gasteiger partial charge in [0.05, 0.1) is 11.5 Å². The van der Waals surface area contributed by atoms with E-state index >= 15 is 0 Å². The van der Waals surface area contributed by atoms with Crippen LogP contribution in [-0.4, -0.2) is 39.5 Å². The molecule has 0 spiro atoms. The SMILES string of the molecule is C[C@H]1[C@@H](C)CC[C@@]2(C(=O)O)CC[C@@]3(C)C(=CC[C@@H]4[C@@]5(C)C[C@@H](O)[C@H](OC(=O)C=Cc6ccc(O)cc6)C(C)(C)[C@@H]5CC[C@]43C)[C@@H]12. The van der Waals surface area contributed by atoms with Gasteiger partial charge < -0.3 is 20.1 Å². The zero-order chi connectivity index (χ0) is 32.7. The number of allylic oxidation sites excluding steroid dienone is 2. The smallest absolute Gasteiger partial charge is 0.331 e. The molecule has 6 heteroatoms. The minimum absolute atomic E-state index is 0.0143. The number of aliphatic hydroxyl groups is 1. The topological polar surface area (TPSA) is 104 Å². The Hall–Kier alpha value is -2.60. The molecule has 0 radical (unpaired) electrons. The average molecular weight is 619 g/mol. The van der Waals surface area contributed by atoms with Crippen molar-refractivity contribution in [3.05, 3.63) is 47.6 Å². The number of hydrogen-bond donors (Lipinski definition) is 3. The van der Waals surface area contributed by atoms with E-state index in [0.29, 0.717) is 24.2 Å². The molecule has 4 fully saturated rings. The molecule has 6 rings (SSSR count). The zero-order valence-electron chi connectivity index (χ0n) is 28.3. The Bertz CT molecular complexity index is 1410. The van der Waals surface area contributed by atoms with Crippen molar-refractivity contribution in [2.75, 3.05) is 0 Å². The summed E-state index contributed by atoms with van der Waals surface area (Å²) < 4.78 is 6.05. The van der Waals surface area contributed by atoms with Gasteiger partial charge in [0.1, 0.15) is 11.9 Å². The lowest BCUT2D eigenvalue weighted by atomic mass is 9.33. The summed E-state index contributed by atoms with van der Waals surface area (Å²) in [6.07, 6.45) is 11.1. The number of carbonyl (C=O) groups is 2. The van der Waals surface area contributed by atoms with Crippen LogP contribution in [0, 0.1) is 56.7 Å². The number of carbonyl (C=O) groups excluding carboxylic acids is 1. The minimum Gasteiger partial charge on any atom is -0.508 e. The van der Waals surface area contributed by atoms with Crippen molar-refractivity contribution in [3.63, 3.8) is 0 Å².